The highest BCUT2D eigenvalue weighted by molar-refractivity contribution is 9.10. The maximum absolute atomic E-state index is 12.7. The van der Waals surface area contributed by atoms with Crippen LogP contribution in [0.15, 0.2) is 16.7 Å². The van der Waals surface area contributed by atoms with Gasteiger partial charge >= 0.3 is 0 Å². The summed E-state index contributed by atoms with van der Waals surface area (Å²) in [5.41, 5.74) is -0.454. The number of nitrogens with zero attached hydrogens (tertiary/aromatic N) is 2. The van der Waals surface area contributed by atoms with Crippen LogP contribution in [-0.2, 0) is 0 Å². The van der Waals surface area contributed by atoms with Gasteiger partial charge in [0, 0.05) is 23.8 Å². The molecule has 3 nitrogen and oxygen atoms in total. The molecule has 1 aliphatic heterocycles. The largest absolute Gasteiger partial charge is 0.337 e. The summed E-state index contributed by atoms with van der Waals surface area (Å²) in [5.74, 6) is -0.408. The monoisotopic (exact) mass is 290 g/mol. The second-order valence-electron chi connectivity index (χ2n) is 3.54. The van der Waals surface area contributed by atoms with Crippen LogP contribution in [0, 0.1) is 0 Å². The Balaban J connectivity index is 2.35. The number of rotatable bonds is 2. The molecule has 0 atom stereocenters. The maximum Gasteiger partial charge on any atom is 0.272 e. The Morgan fingerprint density at radius 2 is 2.19 bits per heavy atom. The van der Waals surface area contributed by atoms with Gasteiger partial charge in [0.05, 0.1) is 5.56 Å². The number of halogens is 3. The van der Waals surface area contributed by atoms with Gasteiger partial charge in [-0.3, -0.25) is 4.79 Å². The van der Waals surface area contributed by atoms with Crippen LogP contribution in [0.2, 0.25) is 0 Å². The molecule has 0 aromatic carbocycles. The predicted octanol–water partition coefficient (Wildman–Crippen LogP) is 2.63. The van der Waals surface area contributed by atoms with E-state index in [1.807, 2.05) is 0 Å². The molecule has 86 valence electrons. The van der Waals surface area contributed by atoms with E-state index in [-0.39, 0.29) is 11.3 Å². The summed E-state index contributed by atoms with van der Waals surface area (Å²) in [6.45, 7) is 1.25. The number of hydrogen-bond donors (Lipinski definition) is 0. The van der Waals surface area contributed by atoms with E-state index in [0.717, 1.165) is 6.42 Å². The number of carbonyl (C=O) groups is 1. The van der Waals surface area contributed by atoms with E-state index in [0.29, 0.717) is 17.6 Å². The number of hydrogen-bond acceptors (Lipinski definition) is 2. The molecule has 0 N–H and O–H groups in total. The first kappa shape index (κ1) is 11.4. The van der Waals surface area contributed by atoms with Crippen molar-refractivity contribution in [3.05, 3.63) is 28.0 Å². The summed E-state index contributed by atoms with van der Waals surface area (Å²) in [6.07, 6.45) is -0.407. The second kappa shape index (κ2) is 4.45. The fraction of sp³-hybridized carbons (Fsp3) is 0.400. The van der Waals surface area contributed by atoms with Gasteiger partial charge in [-0.15, -0.1) is 0 Å². The van der Waals surface area contributed by atoms with Crippen LogP contribution in [0.4, 0.5) is 8.78 Å². The van der Waals surface area contributed by atoms with Crippen LogP contribution in [0.5, 0.6) is 0 Å². The van der Waals surface area contributed by atoms with Crippen molar-refractivity contribution in [3.8, 4) is 0 Å². The highest BCUT2D eigenvalue weighted by Crippen LogP contribution is 2.26. The molecule has 2 rings (SSSR count). The van der Waals surface area contributed by atoms with E-state index < -0.39 is 12.3 Å². The summed E-state index contributed by atoms with van der Waals surface area (Å²) in [6, 6.07) is 1.24. The Bertz CT molecular complexity index is 421. The Kier molecular flexibility index (Phi) is 3.18. The van der Waals surface area contributed by atoms with Crippen molar-refractivity contribution in [3.63, 3.8) is 0 Å². The van der Waals surface area contributed by atoms with Gasteiger partial charge in [-0.25, -0.2) is 13.8 Å². The van der Waals surface area contributed by atoms with Gasteiger partial charge in [0.2, 0.25) is 0 Å². The van der Waals surface area contributed by atoms with Crippen molar-refractivity contribution < 1.29 is 13.6 Å². The molecule has 0 unspecified atom stereocenters. The third-order valence-corrected chi connectivity index (χ3v) is 2.90. The van der Waals surface area contributed by atoms with Gasteiger partial charge in [-0.2, -0.15) is 0 Å². The van der Waals surface area contributed by atoms with E-state index >= 15 is 0 Å². The average Bonchev–Trinajstić information content (AvgIpc) is 2.14. The summed E-state index contributed by atoms with van der Waals surface area (Å²) in [4.78, 5) is 17.1. The molecule has 0 aliphatic carbocycles. The number of amides is 1. The minimum atomic E-state index is -2.69. The van der Waals surface area contributed by atoms with Crippen LogP contribution >= 0.6 is 15.9 Å². The Labute approximate surface area is 99.6 Å². The molecule has 0 bridgehead atoms. The lowest BCUT2D eigenvalue weighted by atomic mass is 10.1. The van der Waals surface area contributed by atoms with Crippen LogP contribution in [0.1, 0.15) is 28.9 Å². The minimum absolute atomic E-state index is 0.141. The zero-order chi connectivity index (χ0) is 11.7. The lowest BCUT2D eigenvalue weighted by Crippen LogP contribution is -2.42. The number of likely N-dealkylation sites (tertiary alicyclic amines) is 1. The summed E-state index contributed by atoms with van der Waals surface area (Å²) < 4.78 is 25.9. The van der Waals surface area contributed by atoms with Gasteiger partial charge < -0.3 is 4.90 Å². The van der Waals surface area contributed by atoms with Crippen molar-refractivity contribution >= 4 is 21.8 Å². The molecule has 1 aliphatic rings. The van der Waals surface area contributed by atoms with E-state index in [1.54, 1.807) is 0 Å². The normalized spacial score (nSPS) is 15.1. The number of alkyl halides is 2. The Hall–Kier alpha value is -1.04. The zero-order valence-electron chi connectivity index (χ0n) is 8.29. The van der Waals surface area contributed by atoms with Gasteiger partial charge in [0.1, 0.15) is 5.69 Å². The predicted molar refractivity (Wildman–Crippen MR) is 57.4 cm³/mol. The zero-order valence-corrected chi connectivity index (χ0v) is 9.88. The van der Waals surface area contributed by atoms with Gasteiger partial charge in [-0.05, 0) is 28.4 Å². The first-order valence-corrected chi connectivity index (χ1v) is 5.62. The van der Waals surface area contributed by atoms with Crippen LogP contribution in [0.25, 0.3) is 0 Å². The highest BCUT2D eigenvalue weighted by Gasteiger charge is 2.27. The van der Waals surface area contributed by atoms with E-state index in [1.165, 1.54) is 17.2 Å². The van der Waals surface area contributed by atoms with Gasteiger partial charge in [-0.1, -0.05) is 0 Å². The first-order valence-electron chi connectivity index (χ1n) is 4.82. The van der Waals surface area contributed by atoms with Crippen molar-refractivity contribution in [1.29, 1.82) is 0 Å². The molecule has 1 amide bonds. The molecule has 6 heteroatoms. The lowest BCUT2D eigenvalue weighted by molar-refractivity contribution is 0.0633. The number of pyridine rings is 1. The number of carbonyl (C=O) groups excluding carboxylic acids is 1. The molecule has 1 fully saturated rings. The molecule has 0 radical (unpaired) electrons. The first-order chi connectivity index (χ1) is 7.59. The fourth-order valence-electron chi connectivity index (χ4n) is 1.47. The Morgan fingerprint density at radius 1 is 1.50 bits per heavy atom. The van der Waals surface area contributed by atoms with Crippen molar-refractivity contribution in [2.75, 3.05) is 13.1 Å². The molecule has 16 heavy (non-hydrogen) atoms. The highest BCUT2D eigenvalue weighted by atomic mass is 79.9. The van der Waals surface area contributed by atoms with E-state index in [9.17, 15) is 13.6 Å². The third-order valence-electron chi connectivity index (χ3n) is 2.46. The molecule has 1 aromatic rings. The van der Waals surface area contributed by atoms with Crippen LogP contribution < -0.4 is 0 Å². The summed E-state index contributed by atoms with van der Waals surface area (Å²) >= 11 is 3.06. The molecule has 1 aromatic heterocycles. The third kappa shape index (κ3) is 2.07. The Morgan fingerprint density at radius 3 is 2.69 bits per heavy atom. The molecule has 1 saturated heterocycles. The van der Waals surface area contributed by atoms with Crippen LogP contribution in [-0.4, -0.2) is 28.9 Å². The summed E-state index contributed by atoms with van der Waals surface area (Å²) in [7, 11) is 0. The molecular formula is C10H9BrF2N2O. The average molecular weight is 291 g/mol. The SMILES string of the molecule is O=C(c1ncc(Br)cc1C(F)F)N1CCC1. The van der Waals surface area contributed by atoms with Crippen LogP contribution in [0.3, 0.4) is 0 Å². The molecule has 0 spiro atoms. The van der Waals surface area contributed by atoms with Crippen molar-refractivity contribution in [1.82, 2.24) is 9.88 Å². The van der Waals surface area contributed by atoms with Crippen molar-refractivity contribution in [2.45, 2.75) is 12.8 Å². The van der Waals surface area contributed by atoms with Gasteiger partial charge in [0.25, 0.3) is 12.3 Å². The topological polar surface area (TPSA) is 33.2 Å². The number of aromatic nitrogens is 1. The molecular weight excluding hydrogens is 282 g/mol. The minimum Gasteiger partial charge on any atom is -0.337 e. The van der Waals surface area contributed by atoms with E-state index in [2.05, 4.69) is 20.9 Å². The smallest absolute Gasteiger partial charge is 0.272 e. The molecule has 2 heterocycles. The molecule has 0 saturated carbocycles. The van der Waals surface area contributed by atoms with Gasteiger partial charge in [0.15, 0.2) is 0 Å². The lowest BCUT2D eigenvalue weighted by Gasteiger charge is -2.31. The van der Waals surface area contributed by atoms with Crippen molar-refractivity contribution in [2.24, 2.45) is 0 Å². The second-order valence-corrected chi connectivity index (χ2v) is 4.45. The standard InChI is InChI=1S/C10H9BrF2N2O/c11-6-4-7(9(12)13)8(14-5-6)10(16)15-2-1-3-15/h4-5,9H,1-3H2. The fourth-order valence-corrected chi connectivity index (χ4v) is 1.82. The van der Waals surface area contributed by atoms with E-state index in [4.69, 9.17) is 0 Å². The summed E-state index contributed by atoms with van der Waals surface area (Å²) in [5, 5.41) is 0. The quantitative estimate of drug-likeness (QED) is 0.839. The maximum atomic E-state index is 12.7.